The van der Waals surface area contributed by atoms with E-state index in [1.165, 1.54) is 12.8 Å². The highest BCUT2D eigenvalue weighted by molar-refractivity contribution is 5.95. The molecule has 0 bridgehead atoms. The van der Waals surface area contributed by atoms with Crippen LogP contribution < -0.4 is 5.32 Å². The van der Waals surface area contributed by atoms with Crippen molar-refractivity contribution in [3.8, 4) is 0 Å². The molecule has 1 aromatic heterocycles. The third kappa shape index (κ3) is 3.25. The number of carbonyl (C=O) groups is 1. The van der Waals surface area contributed by atoms with Crippen LogP contribution in [0.3, 0.4) is 0 Å². The number of pyridine rings is 1. The molecule has 4 nitrogen and oxygen atoms in total. The number of nitrogens with zero attached hydrogens (tertiary/aromatic N) is 2. The Morgan fingerprint density at radius 3 is 2.89 bits per heavy atom. The SMILES string of the molecule is CNc1cc(C(=O)N2CCCCCC2C)cc(C)n1. The van der Waals surface area contributed by atoms with E-state index in [9.17, 15) is 4.79 Å². The van der Waals surface area contributed by atoms with Crippen molar-refractivity contribution >= 4 is 11.7 Å². The van der Waals surface area contributed by atoms with Gasteiger partial charge in [0, 0.05) is 30.9 Å². The molecular weight excluding hydrogens is 238 g/mol. The number of anilines is 1. The number of hydrogen-bond acceptors (Lipinski definition) is 3. The van der Waals surface area contributed by atoms with Gasteiger partial charge in [0.1, 0.15) is 5.82 Å². The molecule has 104 valence electrons. The molecule has 1 aromatic rings. The first-order valence-corrected chi connectivity index (χ1v) is 7.09. The molecule has 1 unspecified atom stereocenters. The van der Waals surface area contributed by atoms with Crippen LogP contribution in [0.1, 0.15) is 48.7 Å². The number of nitrogens with one attached hydrogen (secondary N) is 1. The summed E-state index contributed by atoms with van der Waals surface area (Å²) in [5.41, 5.74) is 1.61. The molecule has 1 N–H and O–H groups in total. The summed E-state index contributed by atoms with van der Waals surface area (Å²) in [6.45, 7) is 4.94. The molecule has 1 saturated heterocycles. The Hall–Kier alpha value is -1.58. The van der Waals surface area contributed by atoms with E-state index in [0.717, 1.165) is 36.5 Å². The summed E-state index contributed by atoms with van der Waals surface area (Å²) in [5.74, 6) is 0.891. The van der Waals surface area contributed by atoms with Gasteiger partial charge in [-0.3, -0.25) is 4.79 Å². The van der Waals surface area contributed by atoms with Crippen molar-refractivity contribution in [2.45, 2.75) is 45.6 Å². The highest BCUT2D eigenvalue weighted by atomic mass is 16.2. The minimum Gasteiger partial charge on any atom is -0.373 e. The van der Waals surface area contributed by atoms with Gasteiger partial charge in [-0.2, -0.15) is 0 Å². The second kappa shape index (κ2) is 6.04. The minimum atomic E-state index is 0.136. The second-order valence-corrected chi connectivity index (χ2v) is 5.33. The zero-order chi connectivity index (χ0) is 13.8. The number of hydrogen-bond donors (Lipinski definition) is 1. The molecule has 0 spiro atoms. The Balaban J connectivity index is 2.24. The molecule has 0 saturated carbocycles. The van der Waals surface area contributed by atoms with E-state index in [0.29, 0.717) is 6.04 Å². The maximum atomic E-state index is 12.7. The summed E-state index contributed by atoms with van der Waals surface area (Å²) in [6.07, 6.45) is 4.67. The fourth-order valence-corrected chi connectivity index (χ4v) is 2.66. The first-order chi connectivity index (χ1) is 9.11. The van der Waals surface area contributed by atoms with Crippen molar-refractivity contribution < 1.29 is 4.79 Å². The van der Waals surface area contributed by atoms with E-state index in [1.54, 1.807) is 0 Å². The minimum absolute atomic E-state index is 0.136. The topological polar surface area (TPSA) is 45.2 Å². The van der Waals surface area contributed by atoms with E-state index in [1.807, 2.05) is 31.0 Å². The Kier molecular flexibility index (Phi) is 4.40. The van der Waals surface area contributed by atoms with E-state index in [4.69, 9.17) is 0 Å². The Morgan fingerprint density at radius 1 is 1.37 bits per heavy atom. The maximum absolute atomic E-state index is 12.7. The standard InChI is InChI=1S/C15H23N3O/c1-11-9-13(10-14(16-3)17-11)15(19)18-8-6-4-5-7-12(18)2/h9-10,12H,4-8H2,1-3H3,(H,16,17). The van der Waals surface area contributed by atoms with Crippen LogP contribution in [0.4, 0.5) is 5.82 Å². The summed E-state index contributed by atoms with van der Waals surface area (Å²) in [7, 11) is 1.82. The number of likely N-dealkylation sites (tertiary alicyclic amines) is 1. The molecule has 1 aliphatic heterocycles. The predicted octanol–water partition coefficient (Wildman–Crippen LogP) is 2.84. The van der Waals surface area contributed by atoms with Crippen LogP contribution >= 0.6 is 0 Å². The van der Waals surface area contributed by atoms with E-state index >= 15 is 0 Å². The molecule has 2 rings (SSSR count). The zero-order valence-electron chi connectivity index (χ0n) is 12.1. The highest BCUT2D eigenvalue weighted by Crippen LogP contribution is 2.20. The first kappa shape index (κ1) is 13.8. The molecule has 1 atom stereocenters. The second-order valence-electron chi connectivity index (χ2n) is 5.33. The van der Waals surface area contributed by atoms with Gasteiger partial charge in [0.05, 0.1) is 0 Å². The fourth-order valence-electron chi connectivity index (χ4n) is 2.66. The predicted molar refractivity (Wildman–Crippen MR) is 77.5 cm³/mol. The van der Waals surface area contributed by atoms with Gasteiger partial charge in [-0.05, 0) is 38.8 Å². The van der Waals surface area contributed by atoms with Crippen molar-refractivity contribution in [3.05, 3.63) is 23.4 Å². The Labute approximate surface area is 115 Å². The van der Waals surface area contributed by atoms with Crippen molar-refractivity contribution in [1.29, 1.82) is 0 Å². The van der Waals surface area contributed by atoms with Gasteiger partial charge < -0.3 is 10.2 Å². The van der Waals surface area contributed by atoms with Crippen molar-refractivity contribution in [3.63, 3.8) is 0 Å². The van der Waals surface area contributed by atoms with Crippen molar-refractivity contribution in [1.82, 2.24) is 9.88 Å². The summed E-state index contributed by atoms with van der Waals surface area (Å²) in [5, 5.41) is 3.01. The van der Waals surface area contributed by atoms with Gasteiger partial charge in [-0.15, -0.1) is 0 Å². The molecule has 0 aromatic carbocycles. The third-order valence-corrected chi connectivity index (χ3v) is 3.77. The lowest BCUT2D eigenvalue weighted by molar-refractivity contribution is 0.0697. The van der Waals surface area contributed by atoms with Crippen LogP contribution in [0.5, 0.6) is 0 Å². The van der Waals surface area contributed by atoms with Gasteiger partial charge in [0.15, 0.2) is 0 Å². The van der Waals surface area contributed by atoms with Crippen molar-refractivity contribution in [2.75, 3.05) is 18.9 Å². The average Bonchev–Trinajstić information content (AvgIpc) is 2.61. The number of aryl methyl sites for hydroxylation is 1. The number of rotatable bonds is 2. The summed E-state index contributed by atoms with van der Waals surface area (Å²) in [6, 6.07) is 4.05. The van der Waals surface area contributed by atoms with Gasteiger partial charge in [-0.25, -0.2) is 4.98 Å². The van der Waals surface area contributed by atoms with E-state index in [-0.39, 0.29) is 5.91 Å². The lowest BCUT2D eigenvalue weighted by atomic mass is 10.1. The lowest BCUT2D eigenvalue weighted by Crippen LogP contribution is -2.38. The number of amides is 1. The first-order valence-electron chi connectivity index (χ1n) is 7.09. The molecule has 0 radical (unpaired) electrons. The van der Waals surface area contributed by atoms with Crippen LogP contribution in [0, 0.1) is 6.92 Å². The summed E-state index contributed by atoms with van der Waals surface area (Å²) in [4.78, 5) is 19.0. The smallest absolute Gasteiger partial charge is 0.254 e. The molecule has 19 heavy (non-hydrogen) atoms. The van der Waals surface area contributed by atoms with Gasteiger partial charge in [-0.1, -0.05) is 12.8 Å². The quantitative estimate of drug-likeness (QED) is 0.890. The van der Waals surface area contributed by atoms with Crippen LogP contribution in [-0.4, -0.2) is 35.4 Å². The molecule has 1 aliphatic rings. The van der Waals surface area contributed by atoms with Crippen LogP contribution in [0.2, 0.25) is 0 Å². The van der Waals surface area contributed by atoms with Crippen molar-refractivity contribution in [2.24, 2.45) is 0 Å². The van der Waals surface area contributed by atoms with E-state index < -0.39 is 0 Å². The molecule has 1 amide bonds. The monoisotopic (exact) mass is 261 g/mol. The summed E-state index contributed by atoms with van der Waals surface area (Å²) >= 11 is 0. The van der Waals surface area contributed by atoms with Crippen LogP contribution in [0.25, 0.3) is 0 Å². The number of carbonyl (C=O) groups excluding carboxylic acids is 1. The third-order valence-electron chi connectivity index (χ3n) is 3.77. The fraction of sp³-hybridized carbons (Fsp3) is 0.600. The number of aromatic nitrogens is 1. The molecule has 4 heteroatoms. The average molecular weight is 261 g/mol. The zero-order valence-corrected chi connectivity index (χ0v) is 12.1. The maximum Gasteiger partial charge on any atom is 0.254 e. The van der Waals surface area contributed by atoms with Gasteiger partial charge in [0.2, 0.25) is 0 Å². The highest BCUT2D eigenvalue weighted by Gasteiger charge is 2.23. The Bertz CT molecular complexity index is 459. The Morgan fingerprint density at radius 2 is 2.16 bits per heavy atom. The van der Waals surface area contributed by atoms with E-state index in [2.05, 4.69) is 17.2 Å². The summed E-state index contributed by atoms with van der Waals surface area (Å²) < 4.78 is 0. The molecule has 1 fully saturated rings. The van der Waals surface area contributed by atoms with Gasteiger partial charge in [0.25, 0.3) is 5.91 Å². The molecular formula is C15H23N3O. The largest absolute Gasteiger partial charge is 0.373 e. The van der Waals surface area contributed by atoms with Crippen LogP contribution in [-0.2, 0) is 0 Å². The molecule has 2 heterocycles. The normalized spacial score (nSPS) is 19.9. The van der Waals surface area contributed by atoms with Gasteiger partial charge >= 0.3 is 0 Å². The molecule has 0 aliphatic carbocycles. The lowest BCUT2D eigenvalue weighted by Gasteiger charge is -2.27. The van der Waals surface area contributed by atoms with Crippen LogP contribution in [0.15, 0.2) is 12.1 Å².